The molecule has 1 amide bonds. The fraction of sp³-hybridized carbons (Fsp3) is 0.438. The molecule has 3 rings (SSSR count). The molecule has 1 saturated carbocycles. The van der Waals surface area contributed by atoms with Gasteiger partial charge in [0, 0.05) is 19.0 Å². The highest BCUT2D eigenvalue weighted by atomic mass is 16.2. The van der Waals surface area contributed by atoms with Crippen molar-refractivity contribution >= 4 is 16.7 Å². The lowest BCUT2D eigenvalue weighted by Crippen LogP contribution is -2.32. The molecule has 1 fully saturated rings. The summed E-state index contributed by atoms with van der Waals surface area (Å²) < 4.78 is 0. The lowest BCUT2D eigenvalue weighted by Gasteiger charge is -2.21. The smallest absolute Gasteiger partial charge is 0.274 e. The standard InChI is InChI=1S/C16H19N3O2/c1-19(10-11-6-2-3-7-11)16(21)14-12-8-4-5-9-13(12)15(20)18-17-14/h4-5,8-9,11H,2-3,6-7,10H2,1H3,(H,18,20). The van der Waals surface area contributed by atoms with E-state index in [4.69, 9.17) is 0 Å². The van der Waals surface area contributed by atoms with E-state index in [-0.39, 0.29) is 11.5 Å². The molecule has 1 aliphatic rings. The molecular formula is C16H19N3O2. The zero-order valence-corrected chi connectivity index (χ0v) is 12.1. The van der Waals surface area contributed by atoms with Gasteiger partial charge in [0.1, 0.15) is 0 Å². The summed E-state index contributed by atoms with van der Waals surface area (Å²) in [5, 5.41) is 7.51. The number of carbonyl (C=O) groups is 1. The van der Waals surface area contributed by atoms with Crippen LogP contribution in [0.4, 0.5) is 0 Å². The molecule has 0 radical (unpaired) electrons. The van der Waals surface area contributed by atoms with Crippen molar-refractivity contribution in [3.05, 3.63) is 40.3 Å². The van der Waals surface area contributed by atoms with E-state index in [0.717, 1.165) is 6.54 Å². The van der Waals surface area contributed by atoms with Crippen molar-refractivity contribution in [2.45, 2.75) is 25.7 Å². The number of hydrogen-bond donors (Lipinski definition) is 1. The van der Waals surface area contributed by atoms with Crippen LogP contribution in [-0.2, 0) is 0 Å². The largest absolute Gasteiger partial charge is 0.340 e. The first kappa shape index (κ1) is 13.8. The summed E-state index contributed by atoms with van der Waals surface area (Å²) in [4.78, 5) is 26.1. The highest BCUT2D eigenvalue weighted by Gasteiger charge is 2.22. The molecule has 1 aromatic carbocycles. The third kappa shape index (κ3) is 2.68. The van der Waals surface area contributed by atoms with Gasteiger partial charge in [0.2, 0.25) is 0 Å². The summed E-state index contributed by atoms with van der Waals surface area (Å²) in [7, 11) is 1.81. The number of H-pyrrole nitrogens is 1. The topological polar surface area (TPSA) is 66.1 Å². The SMILES string of the molecule is CN(CC1CCCC1)C(=O)c1n[nH]c(=O)c2ccccc12. The Morgan fingerprint density at radius 2 is 1.95 bits per heavy atom. The third-order valence-corrected chi connectivity index (χ3v) is 4.25. The van der Waals surface area contributed by atoms with Gasteiger partial charge >= 0.3 is 0 Å². The van der Waals surface area contributed by atoms with Crippen molar-refractivity contribution in [3.63, 3.8) is 0 Å². The van der Waals surface area contributed by atoms with Gasteiger partial charge in [-0.15, -0.1) is 0 Å². The number of benzene rings is 1. The summed E-state index contributed by atoms with van der Waals surface area (Å²) in [6, 6.07) is 7.09. The van der Waals surface area contributed by atoms with Gasteiger partial charge in [0.15, 0.2) is 5.69 Å². The molecule has 0 atom stereocenters. The van der Waals surface area contributed by atoms with Gasteiger partial charge in [-0.3, -0.25) is 9.59 Å². The number of fused-ring (bicyclic) bond motifs is 1. The minimum atomic E-state index is -0.263. The molecule has 5 nitrogen and oxygen atoms in total. The van der Waals surface area contributed by atoms with E-state index >= 15 is 0 Å². The number of aromatic nitrogens is 2. The minimum absolute atomic E-state index is 0.130. The normalized spacial score (nSPS) is 15.5. The predicted octanol–water partition coefficient (Wildman–Crippen LogP) is 2.19. The Morgan fingerprint density at radius 3 is 2.67 bits per heavy atom. The Labute approximate surface area is 123 Å². The van der Waals surface area contributed by atoms with Gasteiger partial charge < -0.3 is 4.90 Å². The van der Waals surface area contributed by atoms with E-state index in [1.54, 1.807) is 23.1 Å². The molecular weight excluding hydrogens is 266 g/mol. The van der Waals surface area contributed by atoms with Crippen LogP contribution in [0.3, 0.4) is 0 Å². The molecule has 0 aliphatic heterocycles. The fourth-order valence-corrected chi connectivity index (χ4v) is 3.12. The summed E-state index contributed by atoms with van der Waals surface area (Å²) in [6.07, 6.45) is 4.90. The van der Waals surface area contributed by atoms with Crippen LogP contribution in [0.2, 0.25) is 0 Å². The summed E-state index contributed by atoms with van der Waals surface area (Å²) >= 11 is 0. The van der Waals surface area contributed by atoms with E-state index in [2.05, 4.69) is 10.2 Å². The Morgan fingerprint density at radius 1 is 1.29 bits per heavy atom. The Kier molecular flexibility index (Phi) is 3.73. The van der Waals surface area contributed by atoms with Crippen LogP contribution < -0.4 is 5.56 Å². The maximum atomic E-state index is 12.6. The molecule has 1 N–H and O–H groups in total. The number of amides is 1. The molecule has 110 valence electrons. The lowest BCUT2D eigenvalue weighted by molar-refractivity contribution is 0.0768. The first-order valence-electron chi connectivity index (χ1n) is 7.39. The van der Waals surface area contributed by atoms with Crippen LogP contribution in [0.25, 0.3) is 10.8 Å². The van der Waals surface area contributed by atoms with Gasteiger partial charge in [-0.2, -0.15) is 5.10 Å². The fourth-order valence-electron chi connectivity index (χ4n) is 3.12. The van der Waals surface area contributed by atoms with Crippen molar-refractivity contribution in [1.82, 2.24) is 15.1 Å². The van der Waals surface area contributed by atoms with Crippen LogP contribution in [0.15, 0.2) is 29.1 Å². The van der Waals surface area contributed by atoms with Gasteiger partial charge in [-0.05, 0) is 24.8 Å². The number of rotatable bonds is 3. The molecule has 2 aromatic rings. The van der Waals surface area contributed by atoms with Gasteiger partial charge in [0.25, 0.3) is 11.5 Å². The Hall–Kier alpha value is -2.17. The molecule has 5 heteroatoms. The highest BCUT2D eigenvalue weighted by molar-refractivity contribution is 6.04. The van der Waals surface area contributed by atoms with Crippen LogP contribution >= 0.6 is 0 Å². The van der Waals surface area contributed by atoms with Crippen molar-refractivity contribution < 1.29 is 4.79 Å². The maximum absolute atomic E-state index is 12.6. The van der Waals surface area contributed by atoms with Gasteiger partial charge in [-0.25, -0.2) is 5.10 Å². The Balaban J connectivity index is 1.90. The minimum Gasteiger partial charge on any atom is -0.340 e. The first-order chi connectivity index (χ1) is 10.2. The van der Waals surface area contributed by atoms with Crippen LogP contribution in [-0.4, -0.2) is 34.6 Å². The van der Waals surface area contributed by atoms with E-state index in [9.17, 15) is 9.59 Å². The molecule has 1 heterocycles. The third-order valence-electron chi connectivity index (χ3n) is 4.25. The second-order valence-electron chi connectivity index (χ2n) is 5.78. The number of carbonyl (C=O) groups excluding carboxylic acids is 1. The van der Waals surface area contributed by atoms with E-state index in [1.807, 2.05) is 13.1 Å². The van der Waals surface area contributed by atoms with Crippen molar-refractivity contribution in [2.24, 2.45) is 5.92 Å². The lowest BCUT2D eigenvalue weighted by atomic mass is 10.1. The second kappa shape index (κ2) is 5.68. The van der Waals surface area contributed by atoms with E-state index in [0.29, 0.717) is 22.4 Å². The second-order valence-corrected chi connectivity index (χ2v) is 5.78. The van der Waals surface area contributed by atoms with Gasteiger partial charge in [0.05, 0.1) is 5.39 Å². The first-order valence-corrected chi connectivity index (χ1v) is 7.39. The molecule has 0 bridgehead atoms. The van der Waals surface area contributed by atoms with Crippen LogP contribution in [0.1, 0.15) is 36.2 Å². The molecule has 21 heavy (non-hydrogen) atoms. The zero-order valence-electron chi connectivity index (χ0n) is 12.1. The molecule has 0 unspecified atom stereocenters. The number of nitrogens with one attached hydrogen (secondary N) is 1. The summed E-state index contributed by atoms with van der Waals surface area (Å²) in [5.74, 6) is 0.460. The monoisotopic (exact) mass is 285 g/mol. The van der Waals surface area contributed by atoms with Crippen LogP contribution in [0.5, 0.6) is 0 Å². The predicted molar refractivity (Wildman–Crippen MR) is 81.3 cm³/mol. The summed E-state index contributed by atoms with van der Waals surface area (Å²) in [6.45, 7) is 0.758. The quantitative estimate of drug-likeness (QED) is 0.940. The molecule has 1 aliphatic carbocycles. The molecule has 0 saturated heterocycles. The number of nitrogens with zero attached hydrogens (tertiary/aromatic N) is 2. The highest BCUT2D eigenvalue weighted by Crippen LogP contribution is 2.25. The average molecular weight is 285 g/mol. The Bertz CT molecular complexity index is 717. The van der Waals surface area contributed by atoms with E-state index in [1.165, 1.54) is 25.7 Å². The molecule has 0 spiro atoms. The maximum Gasteiger partial charge on any atom is 0.274 e. The molecule has 1 aromatic heterocycles. The summed E-state index contributed by atoms with van der Waals surface area (Å²) in [5.41, 5.74) is 0.0614. The average Bonchev–Trinajstić information content (AvgIpc) is 3.00. The van der Waals surface area contributed by atoms with E-state index < -0.39 is 0 Å². The van der Waals surface area contributed by atoms with Gasteiger partial charge in [-0.1, -0.05) is 31.0 Å². The van der Waals surface area contributed by atoms with Crippen molar-refractivity contribution in [1.29, 1.82) is 0 Å². The van der Waals surface area contributed by atoms with Crippen molar-refractivity contribution in [2.75, 3.05) is 13.6 Å². The van der Waals surface area contributed by atoms with Crippen molar-refractivity contribution in [3.8, 4) is 0 Å². The number of aromatic amines is 1. The van der Waals surface area contributed by atoms with Crippen LogP contribution in [0, 0.1) is 5.92 Å². The zero-order chi connectivity index (χ0) is 14.8. The number of hydrogen-bond acceptors (Lipinski definition) is 3.